The molecule has 9 heteroatoms. The number of nitrogens with two attached hydrogens (primary N) is 1. The monoisotopic (exact) mass is 319 g/mol. The summed E-state index contributed by atoms with van der Waals surface area (Å²) in [6.45, 7) is 0.444. The van der Waals surface area contributed by atoms with Crippen LogP contribution < -0.4 is 10.5 Å². The number of aromatic nitrogens is 1. The number of rotatable bonds is 5. The van der Waals surface area contributed by atoms with Gasteiger partial charge in [0.05, 0.1) is 12.6 Å². The number of nitrogens with zero attached hydrogens (tertiary/aromatic N) is 1. The van der Waals surface area contributed by atoms with Crippen LogP contribution in [-0.4, -0.2) is 39.1 Å². The van der Waals surface area contributed by atoms with E-state index in [1.807, 2.05) is 0 Å². The Hall–Kier alpha value is -1.03. The van der Waals surface area contributed by atoms with E-state index in [0.717, 1.165) is 30.6 Å². The summed E-state index contributed by atoms with van der Waals surface area (Å²) in [6.07, 6.45) is 2.62. The summed E-state index contributed by atoms with van der Waals surface area (Å²) in [5.74, 6) is -0.618. The molecular formula is C11H17N3O4S2. The van der Waals surface area contributed by atoms with Crippen LogP contribution in [0.4, 0.5) is 0 Å². The van der Waals surface area contributed by atoms with Crippen molar-refractivity contribution >= 4 is 27.3 Å². The van der Waals surface area contributed by atoms with Gasteiger partial charge in [-0.25, -0.2) is 22.9 Å². The van der Waals surface area contributed by atoms with Crippen LogP contribution in [0.15, 0.2) is 9.72 Å². The summed E-state index contributed by atoms with van der Waals surface area (Å²) in [4.78, 5) is 15.3. The topological polar surface area (TPSA) is 111 Å². The Kier molecular flexibility index (Phi) is 4.74. The van der Waals surface area contributed by atoms with Crippen molar-refractivity contribution in [3.8, 4) is 0 Å². The SMILES string of the molecule is COC(=O)c1ncsc1S(=O)(=O)N[C@@H]1CCC[C@@H]1CN. The highest BCUT2D eigenvalue weighted by Crippen LogP contribution is 2.28. The van der Waals surface area contributed by atoms with Crippen LogP contribution >= 0.6 is 11.3 Å². The molecule has 1 aliphatic carbocycles. The maximum absolute atomic E-state index is 12.4. The third-order valence-corrected chi connectivity index (χ3v) is 6.29. The van der Waals surface area contributed by atoms with Gasteiger partial charge in [0.2, 0.25) is 0 Å². The van der Waals surface area contributed by atoms with Gasteiger partial charge in [-0.15, -0.1) is 11.3 Å². The van der Waals surface area contributed by atoms with E-state index in [-0.39, 0.29) is 21.9 Å². The minimum atomic E-state index is -3.78. The van der Waals surface area contributed by atoms with Crippen LogP contribution in [0.5, 0.6) is 0 Å². The molecule has 0 radical (unpaired) electrons. The summed E-state index contributed by atoms with van der Waals surface area (Å²) in [5, 5.41) is 0. The molecule has 1 aromatic heterocycles. The maximum Gasteiger partial charge on any atom is 0.358 e. The standard InChI is InChI=1S/C11H17N3O4S2/c1-18-10(15)9-11(19-6-13-9)20(16,17)14-8-4-2-3-7(8)5-12/h6-8,14H,2-5,12H2,1H3/t7-,8-/m1/s1. The van der Waals surface area contributed by atoms with Crippen LogP contribution in [0.1, 0.15) is 29.8 Å². The average Bonchev–Trinajstić information content (AvgIpc) is 3.05. The van der Waals surface area contributed by atoms with Gasteiger partial charge in [-0.3, -0.25) is 0 Å². The number of esters is 1. The molecule has 0 aliphatic heterocycles. The largest absolute Gasteiger partial charge is 0.464 e. The van der Waals surface area contributed by atoms with E-state index in [1.165, 1.54) is 12.6 Å². The van der Waals surface area contributed by atoms with E-state index in [2.05, 4.69) is 14.4 Å². The van der Waals surface area contributed by atoms with Gasteiger partial charge in [0.15, 0.2) is 9.90 Å². The lowest BCUT2D eigenvalue weighted by Crippen LogP contribution is -2.40. The van der Waals surface area contributed by atoms with Gasteiger partial charge in [0, 0.05) is 6.04 Å². The van der Waals surface area contributed by atoms with E-state index >= 15 is 0 Å². The fraction of sp³-hybridized carbons (Fsp3) is 0.636. The van der Waals surface area contributed by atoms with E-state index < -0.39 is 16.0 Å². The third kappa shape index (κ3) is 3.00. The third-order valence-electron chi connectivity index (χ3n) is 3.43. The van der Waals surface area contributed by atoms with Gasteiger partial charge >= 0.3 is 5.97 Å². The van der Waals surface area contributed by atoms with Crippen LogP contribution in [0.3, 0.4) is 0 Å². The smallest absolute Gasteiger partial charge is 0.358 e. The minimum absolute atomic E-state index is 0.105. The number of hydrogen-bond donors (Lipinski definition) is 2. The van der Waals surface area contributed by atoms with Crippen LogP contribution in [0.25, 0.3) is 0 Å². The molecule has 0 spiro atoms. The Morgan fingerprint density at radius 3 is 3.00 bits per heavy atom. The lowest BCUT2D eigenvalue weighted by atomic mass is 10.1. The predicted molar refractivity (Wildman–Crippen MR) is 74.0 cm³/mol. The molecule has 7 nitrogen and oxygen atoms in total. The molecule has 0 aromatic carbocycles. The second-order valence-electron chi connectivity index (χ2n) is 4.63. The van der Waals surface area contributed by atoms with Crippen molar-refractivity contribution in [3.05, 3.63) is 11.2 Å². The Balaban J connectivity index is 2.23. The highest BCUT2D eigenvalue weighted by molar-refractivity contribution is 7.91. The van der Waals surface area contributed by atoms with E-state index in [0.29, 0.717) is 6.54 Å². The van der Waals surface area contributed by atoms with Crippen LogP contribution in [-0.2, 0) is 14.8 Å². The van der Waals surface area contributed by atoms with Gasteiger partial charge in [-0.1, -0.05) is 6.42 Å². The van der Waals surface area contributed by atoms with Crippen molar-refractivity contribution in [2.75, 3.05) is 13.7 Å². The van der Waals surface area contributed by atoms with Crippen LogP contribution in [0, 0.1) is 5.92 Å². The summed E-state index contributed by atoms with van der Waals surface area (Å²) < 4.78 is 31.8. The van der Waals surface area contributed by atoms with E-state index in [1.54, 1.807) is 0 Å². The number of ether oxygens (including phenoxy) is 1. The van der Waals surface area contributed by atoms with Crippen molar-refractivity contribution in [2.45, 2.75) is 29.5 Å². The molecule has 112 valence electrons. The number of nitrogens with one attached hydrogen (secondary N) is 1. The number of thiazole rings is 1. The number of hydrogen-bond acceptors (Lipinski definition) is 7. The van der Waals surface area contributed by atoms with Crippen molar-refractivity contribution in [1.82, 2.24) is 9.71 Å². The quantitative estimate of drug-likeness (QED) is 0.757. The maximum atomic E-state index is 12.4. The molecule has 1 aliphatic rings. The summed E-state index contributed by atoms with van der Waals surface area (Å²) in [7, 11) is -2.59. The lowest BCUT2D eigenvalue weighted by molar-refractivity contribution is 0.0590. The van der Waals surface area contributed by atoms with Gasteiger partial charge in [0.25, 0.3) is 10.0 Å². The van der Waals surface area contributed by atoms with Crippen molar-refractivity contribution in [3.63, 3.8) is 0 Å². The summed E-state index contributed by atoms with van der Waals surface area (Å²) >= 11 is 0.899. The van der Waals surface area contributed by atoms with Crippen molar-refractivity contribution in [1.29, 1.82) is 0 Å². The second kappa shape index (κ2) is 6.17. The highest BCUT2D eigenvalue weighted by Gasteiger charge is 2.33. The molecule has 20 heavy (non-hydrogen) atoms. The highest BCUT2D eigenvalue weighted by atomic mass is 32.2. The first-order valence-corrected chi connectivity index (χ1v) is 8.60. The molecule has 2 rings (SSSR count). The molecular weight excluding hydrogens is 302 g/mol. The molecule has 1 fully saturated rings. The zero-order valence-corrected chi connectivity index (χ0v) is 12.7. The zero-order chi connectivity index (χ0) is 14.8. The molecule has 0 amide bonds. The minimum Gasteiger partial charge on any atom is -0.464 e. The van der Waals surface area contributed by atoms with Crippen LogP contribution in [0.2, 0.25) is 0 Å². The second-order valence-corrected chi connectivity index (χ2v) is 7.40. The normalized spacial score (nSPS) is 22.9. The molecule has 0 bridgehead atoms. The lowest BCUT2D eigenvalue weighted by Gasteiger charge is -2.18. The number of methoxy groups -OCH3 is 1. The number of sulfonamides is 1. The van der Waals surface area contributed by atoms with E-state index in [9.17, 15) is 13.2 Å². The number of carbonyl (C=O) groups excluding carboxylic acids is 1. The predicted octanol–water partition coefficient (Wildman–Crippen LogP) is 0.335. The van der Waals surface area contributed by atoms with Crippen molar-refractivity contribution in [2.24, 2.45) is 11.7 Å². The van der Waals surface area contributed by atoms with Gasteiger partial charge in [-0.05, 0) is 25.3 Å². The summed E-state index contributed by atoms with van der Waals surface area (Å²) in [5.41, 5.74) is 6.78. The molecule has 1 saturated carbocycles. The molecule has 1 heterocycles. The van der Waals surface area contributed by atoms with Gasteiger partial charge in [-0.2, -0.15) is 0 Å². The number of carbonyl (C=O) groups is 1. The molecule has 1 aromatic rings. The Morgan fingerprint density at radius 2 is 2.35 bits per heavy atom. The molecule has 3 N–H and O–H groups in total. The van der Waals surface area contributed by atoms with E-state index in [4.69, 9.17) is 5.73 Å². The fourth-order valence-corrected chi connectivity index (χ4v) is 4.87. The first-order chi connectivity index (χ1) is 9.49. The Bertz CT molecular complexity index is 584. The zero-order valence-electron chi connectivity index (χ0n) is 11.0. The summed E-state index contributed by atoms with van der Waals surface area (Å²) in [6, 6.07) is -0.183. The molecule has 0 unspecified atom stereocenters. The fourth-order valence-electron chi connectivity index (χ4n) is 2.39. The first kappa shape index (κ1) is 15.4. The average molecular weight is 319 g/mol. The van der Waals surface area contributed by atoms with Crippen molar-refractivity contribution < 1.29 is 17.9 Å². The Morgan fingerprint density at radius 1 is 1.60 bits per heavy atom. The first-order valence-electron chi connectivity index (χ1n) is 6.23. The molecule has 2 atom stereocenters. The van der Waals surface area contributed by atoms with Gasteiger partial charge < -0.3 is 10.5 Å². The van der Waals surface area contributed by atoms with Gasteiger partial charge in [0.1, 0.15) is 0 Å². The molecule has 0 saturated heterocycles. The Labute approximate surface area is 121 Å².